The molecule has 1 aromatic heterocycles. The minimum atomic E-state index is 0.907. The lowest BCUT2D eigenvalue weighted by atomic mass is 10.0. The molecule has 1 heterocycles. The summed E-state index contributed by atoms with van der Waals surface area (Å²) in [6.45, 7) is 4.05. The van der Waals surface area contributed by atoms with Crippen molar-refractivity contribution in [3.63, 3.8) is 0 Å². The third kappa shape index (κ3) is 2.19. The number of nitrogens with zero attached hydrogens (tertiary/aromatic N) is 1. The fourth-order valence-electron chi connectivity index (χ4n) is 2.92. The Morgan fingerprint density at radius 3 is 3.00 bits per heavy atom. The molecule has 100 valence electrons. The largest absolute Gasteiger partial charge is 0.497 e. The van der Waals surface area contributed by atoms with E-state index in [4.69, 9.17) is 9.72 Å². The quantitative estimate of drug-likeness (QED) is 0.913. The van der Waals surface area contributed by atoms with Crippen molar-refractivity contribution >= 4 is 10.9 Å². The number of aryl methyl sites for hydroxylation is 1. The monoisotopic (exact) mass is 256 g/mol. The maximum atomic E-state index is 5.35. The van der Waals surface area contributed by atoms with E-state index in [2.05, 4.69) is 24.4 Å². The predicted octanol–water partition coefficient (Wildman–Crippen LogP) is 2.84. The van der Waals surface area contributed by atoms with Crippen LogP contribution in [-0.2, 0) is 19.4 Å². The second-order valence-electron chi connectivity index (χ2n) is 5.03. The molecule has 0 radical (unpaired) electrons. The summed E-state index contributed by atoms with van der Waals surface area (Å²) in [5.41, 5.74) is 5.26. The van der Waals surface area contributed by atoms with Crippen molar-refractivity contribution < 1.29 is 4.74 Å². The molecule has 3 nitrogen and oxygen atoms in total. The lowest BCUT2D eigenvalue weighted by Crippen LogP contribution is -2.14. The average Bonchev–Trinajstić information content (AvgIpc) is 2.91. The van der Waals surface area contributed by atoms with Crippen molar-refractivity contribution in [3.8, 4) is 5.75 Å². The second kappa shape index (κ2) is 5.17. The molecule has 1 N–H and O–H groups in total. The van der Waals surface area contributed by atoms with E-state index in [0.29, 0.717) is 0 Å². The average molecular weight is 256 g/mol. The summed E-state index contributed by atoms with van der Waals surface area (Å²) in [6.07, 6.45) is 3.52. The minimum Gasteiger partial charge on any atom is -0.497 e. The molecule has 0 aliphatic heterocycles. The van der Waals surface area contributed by atoms with Gasteiger partial charge in [0.2, 0.25) is 0 Å². The fourth-order valence-corrected chi connectivity index (χ4v) is 2.92. The summed E-state index contributed by atoms with van der Waals surface area (Å²) >= 11 is 0. The predicted molar refractivity (Wildman–Crippen MR) is 77.7 cm³/mol. The van der Waals surface area contributed by atoms with Crippen LogP contribution in [0.3, 0.4) is 0 Å². The number of hydrogen-bond acceptors (Lipinski definition) is 3. The van der Waals surface area contributed by atoms with Crippen LogP contribution in [0, 0.1) is 0 Å². The molecule has 0 saturated heterocycles. The van der Waals surface area contributed by atoms with Gasteiger partial charge in [-0.3, -0.25) is 4.98 Å². The van der Waals surface area contributed by atoms with E-state index in [-0.39, 0.29) is 0 Å². The number of hydrogen-bond donors (Lipinski definition) is 1. The summed E-state index contributed by atoms with van der Waals surface area (Å²) in [5, 5.41) is 4.69. The zero-order chi connectivity index (χ0) is 13.2. The standard InChI is InChI=1S/C16H20N2O/c1-3-17-10-14-12-5-4-6-15(12)18-16-8-7-11(19-2)9-13(14)16/h7-9,17H,3-6,10H2,1-2H3. The normalized spacial score (nSPS) is 13.8. The van der Waals surface area contributed by atoms with Gasteiger partial charge in [0.05, 0.1) is 12.6 Å². The van der Waals surface area contributed by atoms with E-state index in [1.54, 1.807) is 7.11 Å². The number of fused-ring (bicyclic) bond motifs is 2. The van der Waals surface area contributed by atoms with Crippen LogP contribution in [0.2, 0.25) is 0 Å². The molecule has 0 amide bonds. The Hall–Kier alpha value is -1.61. The number of benzene rings is 1. The highest BCUT2D eigenvalue weighted by atomic mass is 16.5. The molecule has 1 aliphatic rings. The molecular weight excluding hydrogens is 236 g/mol. The van der Waals surface area contributed by atoms with Crippen LogP contribution in [0.5, 0.6) is 5.75 Å². The van der Waals surface area contributed by atoms with Crippen molar-refractivity contribution in [1.29, 1.82) is 0 Å². The zero-order valence-electron chi connectivity index (χ0n) is 11.6. The molecule has 19 heavy (non-hydrogen) atoms. The van der Waals surface area contributed by atoms with Crippen molar-refractivity contribution in [2.24, 2.45) is 0 Å². The first-order chi connectivity index (χ1) is 9.33. The van der Waals surface area contributed by atoms with E-state index in [9.17, 15) is 0 Å². The Labute approximate surface area is 114 Å². The maximum absolute atomic E-state index is 5.35. The summed E-state index contributed by atoms with van der Waals surface area (Å²) in [4.78, 5) is 4.82. The molecule has 1 aromatic carbocycles. The number of nitrogens with one attached hydrogen (secondary N) is 1. The Kier molecular flexibility index (Phi) is 3.38. The summed E-state index contributed by atoms with van der Waals surface area (Å²) in [7, 11) is 1.71. The van der Waals surface area contributed by atoms with Crippen LogP contribution >= 0.6 is 0 Å². The molecule has 3 heteroatoms. The van der Waals surface area contributed by atoms with Gasteiger partial charge in [-0.1, -0.05) is 6.92 Å². The van der Waals surface area contributed by atoms with E-state index < -0.39 is 0 Å². The van der Waals surface area contributed by atoms with Gasteiger partial charge >= 0.3 is 0 Å². The second-order valence-corrected chi connectivity index (χ2v) is 5.03. The van der Waals surface area contributed by atoms with E-state index in [1.807, 2.05) is 6.07 Å². The summed E-state index contributed by atoms with van der Waals surface area (Å²) in [6, 6.07) is 6.18. The Balaban J connectivity index is 2.20. The molecule has 0 spiro atoms. The van der Waals surface area contributed by atoms with E-state index >= 15 is 0 Å². The SMILES string of the molecule is CCNCc1c2c(nc3ccc(OC)cc13)CCC2. The molecule has 0 saturated carbocycles. The van der Waals surface area contributed by atoms with Gasteiger partial charge in [-0.15, -0.1) is 0 Å². The molecule has 3 rings (SSSR count). The van der Waals surface area contributed by atoms with Gasteiger partial charge < -0.3 is 10.1 Å². The Bertz CT molecular complexity index is 607. The van der Waals surface area contributed by atoms with Gasteiger partial charge in [-0.25, -0.2) is 0 Å². The first-order valence-corrected chi connectivity index (χ1v) is 7.02. The van der Waals surface area contributed by atoms with Crippen LogP contribution in [0.15, 0.2) is 18.2 Å². The molecule has 0 unspecified atom stereocenters. The van der Waals surface area contributed by atoms with E-state index in [0.717, 1.165) is 37.2 Å². The third-order valence-electron chi connectivity index (χ3n) is 3.89. The van der Waals surface area contributed by atoms with Gasteiger partial charge in [-0.2, -0.15) is 0 Å². The smallest absolute Gasteiger partial charge is 0.119 e. The lowest BCUT2D eigenvalue weighted by molar-refractivity contribution is 0.415. The van der Waals surface area contributed by atoms with Crippen LogP contribution < -0.4 is 10.1 Å². The number of ether oxygens (including phenoxy) is 1. The molecule has 0 fully saturated rings. The van der Waals surface area contributed by atoms with Crippen LogP contribution in [0.1, 0.15) is 30.2 Å². The highest BCUT2D eigenvalue weighted by Crippen LogP contribution is 2.31. The van der Waals surface area contributed by atoms with Crippen molar-refractivity contribution in [2.45, 2.75) is 32.7 Å². The summed E-state index contributed by atoms with van der Waals surface area (Å²) < 4.78 is 5.35. The van der Waals surface area contributed by atoms with Gasteiger partial charge in [0.15, 0.2) is 0 Å². The molecule has 2 aromatic rings. The van der Waals surface area contributed by atoms with Gasteiger partial charge in [0, 0.05) is 17.6 Å². The highest BCUT2D eigenvalue weighted by molar-refractivity contribution is 5.85. The highest BCUT2D eigenvalue weighted by Gasteiger charge is 2.19. The first-order valence-electron chi connectivity index (χ1n) is 7.02. The summed E-state index contributed by atoms with van der Waals surface area (Å²) in [5.74, 6) is 0.907. The van der Waals surface area contributed by atoms with Crippen molar-refractivity contribution in [3.05, 3.63) is 35.0 Å². The molecule has 0 atom stereocenters. The topological polar surface area (TPSA) is 34.2 Å². The third-order valence-corrected chi connectivity index (χ3v) is 3.89. The van der Waals surface area contributed by atoms with Crippen LogP contribution in [-0.4, -0.2) is 18.6 Å². The zero-order valence-corrected chi connectivity index (χ0v) is 11.6. The fraction of sp³-hybridized carbons (Fsp3) is 0.438. The minimum absolute atomic E-state index is 0.907. The van der Waals surface area contributed by atoms with Crippen LogP contribution in [0.25, 0.3) is 10.9 Å². The first kappa shape index (κ1) is 12.4. The van der Waals surface area contributed by atoms with Crippen LogP contribution in [0.4, 0.5) is 0 Å². The van der Waals surface area contributed by atoms with E-state index in [1.165, 1.54) is 28.6 Å². The van der Waals surface area contributed by atoms with Crippen molar-refractivity contribution in [2.75, 3.05) is 13.7 Å². The molecular formula is C16H20N2O. The van der Waals surface area contributed by atoms with Gasteiger partial charge in [0.1, 0.15) is 5.75 Å². The Morgan fingerprint density at radius 1 is 1.32 bits per heavy atom. The van der Waals surface area contributed by atoms with Gasteiger partial charge in [0.25, 0.3) is 0 Å². The number of methoxy groups -OCH3 is 1. The maximum Gasteiger partial charge on any atom is 0.119 e. The Morgan fingerprint density at radius 2 is 2.21 bits per heavy atom. The molecule has 0 bridgehead atoms. The number of pyridine rings is 1. The van der Waals surface area contributed by atoms with Crippen molar-refractivity contribution in [1.82, 2.24) is 10.3 Å². The lowest BCUT2D eigenvalue weighted by Gasteiger charge is -2.13. The van der Waals surface area contributed by atoms with Gasteiger partial charge in [-0.05, 0) is 55.1 Å². The number of aromatic nitrogens is 1. The molecule has 1 aliphatic carbocycles. The number of rotatable bonds is 4.